The predicted octanol–water partition coefficient (Wildman–Crippen LogP) is 4.33. The highest BCUT2D eigenvalue weighted by Gasteiger charge is 2.36. The molecule has 0 aliphatic carbocycles. The van der Waals surface area contributed by atoms with Crippen LogP contribution in [-0.2, 0) is 4.79 Å². The van der Waals surface area contributed by atoms with Crippen LogP contribution >= 0.6 is 0 Å². The summed E-state index contributed by atoms with van der Waals surface area (Å²) in [4.78, 5) is 27.6. The molecule has 0 fully saturated rings. The fourth-order valence-electron chi connectivity index (χ4n) is 3.33. The molecule has 0 bridgehead atoms. The van der Waals surface area contributed by atoms with Gasteiger partial charge in [-0.3, -0.25) is 9.59 Å². The van der Waals surface area contributed by atoms with Gasteiger partial charge in [-0.25, -0.2) is 4.90 Å². The Balaban J connectivity index is 1.94. The van der Waals surface area contributed by atoms with Gasteiger partial charge in [0.25, 0.3) is 11.8 Å². The normalized spacial score (nSPS) is 15.4. The van der Waals surface area contributed by atoms with Crippen molar-refractivity contribution < 1.29 is 14.1 Å². The molecule has 0 radical (unpaired) electrons. The van der Waals surface area contributed by atoms with Gasteiger partial charge in [-0.05, 0) is 56.2 Å². The van der Waals surface area contributed by atoms with Gasteiger partial charge in [0, 0.05) is 16.7 Å². The summed E-state index contributed by atoms with van der Waals surface area (Å²) in [6.07, 6.45) is 1.76. The Morgan fingerprint density at radius 2 is 1.67 bits per heavy atom. The first-order chi connectivity index (χ1) is 13.0. The van der Waals surface area contributed by atoms with Crippen molar-refractivity contribution in [2.45, 2.75) is 20.8 Å². The molecule has 1 aliphatic rings. The summed E-state index contributed by atoms with van der Waals surface area (Å²) in [5, 5.41) is 3.95. The van der Waals surface area contributed by atoms with Gasteiger partial charge in [0.2, 0.25) is 0 Å². The molecule has 0 N–H and O–H groups in total. The molecule has 27 heavy (non-hydrogen) atoms. The number of amides is 2. The summed E-state index contributed by atoms with van der Waals surface area (Å²) < 4.78 is 5.22. The van der Waals surface area contributed by atoms with Crippen LogP contribution in [0.1, 0.15) is 38.5 Å². The second kappa shape index (κ2) is 6.36. The van der Waals surface area contributed by atoms with E-state index in [1.165, 1.54) is 4.90 Å². The largest absolute Gasteiger partial charge is 0.361 e. The number of imide groups is 1. The number of hydrogen-bond acceptors (Lipinski definition) is 4. The maximum absolute atomic E-state index is 13.3. The van der Waals surface area contributed by atoms with Crippen molar-refractivity contribution in [2.75, 3.05) is 4.90 Å². The lowest BCUT2D eigenvalue weighted by Crippen LogP contribution is -2.41. The van der Waals surface area contributed by atoms with E-state index in [9.17, 15) is 9.59 Å². The molecule has 2 aromatic carbocycles. The van der Waals surface area contributed by atoms with E-state index in [-0.39, 0.29) is 11.8 Å². The Hall–Kier alpha value is -3.47. The molecular weight excluding hydrogens is 340 g/mol. The number of rotatable bonds is 2. The molecule has 1 aromatic heterocycles. The molecule has 0 saturated heterocycles. The Labute approximate surface area is 156 Å². The molecule has 5 heteroatoms. The zero-order valence-corrected chi connectivity index (χ0v) is 15.3. The Kier molecular flexibility index (Phi) is 4.00. The van der Waals surface area contributed by atoms with E-state index in [0.717, 1.165) is 11.1 Å². The van der Waals surface area contributed by atoms with Crippen LogP contribution in [0.15, 0.2) is 53.1 Å². The second-order valence-corrected chi connectivity index (χ2v) is 6.63. The number of carbonyl (C=O) groups is 2. The van der Waals surface area contributed by atoms with Crippen molar-refractivity contribution in [3.8, 4) is 0 Å². The van der Waals surface area contributed by atoms with Crippen molar-refractivity contribution in [2.24, 2.45) is 0 Å². The number of carbonyl (C=O) groups excluding carboxylic acids is 2. The minimum atomic E-state index is -0.357. The zero-order chi connectivity index (χ0) is 19.1. The van der Waals surface area contributed by atoms with Crippen LogP contribution in [-0.4, -0.2) is 17.0 Å². The van der Waals surface area contributed by atoms with Crippen LogP contribution in [0.25, 0.3) is 11.6 Å². The van der Waals surface area contributed by atoms with Crippen LogP contribution in [0.5, 0.6) is 0 Å². The molecule has 134 valence electrons. The summed E-state index contributed by atoms with van der Waals surface area (Å²) in [6, 6.07) is 14.5. The van der Waals surface area contributed by atoms with Crippen LogP contribution in [0.2, 0.25) is 0 Å². The van der Waals surface area contributed by atoms with E-state index in [1.54, 1.807) is 37.3 Å². The van der Waals surface area contributed by atoms with Gasteiger partial charge < -0.3 is 4.52 Å². The minimum Gasteiger partial charge on any atom is -0.361 e. The molecule has 1 aliphatic heterocycles. The third-order valence-electron chi connectivity index (χ3n) is 4.72. The number of benzene rings is 2. The molecule has 3 aromatic rings. The maximum Gasteiger partial charge on any atom is 0.265 e. The number of nitrogens with zero attached hydrogens (tertiary/aromatic N) is 2. The van der Waals surface area contributed by atoms with Crippen molar-refractivity contribution in [3.05, 3.63) is 82.2 Å². The summed E-state index contributed by atoms with van der Waals surface area (Å²) in [5.74, 6) is -0.0503. The average molecular weight is 358 g/mol. The molecule has 5 nitrogen and oxygen atoms in total. The van der Waals surface area contributed by atoms with Crippen molar-refractivity contribution >= 4 is 29.2 Å². The molecule has 4 rings (SSSR count). The lowest BCUT2D eigenvalue weighted by Gasteiger charge is -2.29. The molecular formula is C22H18N2O3. The van der Waals surface area contributed by atoms with Crippen molar-refractivity contribution in [3.63, 3.8) is 0 Å². The van der Waals surface area contributed by atoms with Crippen LogP contribution < -0.4 is 4.90 Å². The first-order valence-electron chi connectivity index (χ1n) is 8.67. The van der Waals surface area contributed by atoms with Crippen LogP contribution in [0.4, 0.5) is 5.69 Å². The van der Waals surface area contributed by atoms with Gasteiger partial charge >= 0.3 is 0 Å². The Morgan fingerprint density at radius 1 is 0.926 bits per heavy atom. The molecule has 2 amide bonds. The molecule has 2 heterocycles. The third-order valence-corrected chi connectivity index (χ3v) is 4.72. The molecule has 0 unspecified atom stereocenters. The SMILES string of the molecule is Cc1cccc(N2C(=O)/C(=C\c3c(C)noc3C)c3ccccc3C2=O)c1. The highest BCUT2D eigenvalue weighted by Crippen LogP contribution is 2.34. The number of fused-ring (bicyclic) bond motifs is 1. The van der Waals surface area contributed by atoms with E-state index in [4.69, 9.17) is 4.52 Å². The second-order valence-electron chi connectivity index (χ2n) is 6.63. The third kappa shape index (κ3) is 2.77. The van der Waals surface area contributed by atoms with Gasteiger partial charge in [0.1, 0.15) is 5.76 Å². The fourth-order valence-corrected chi connectivity index (χ4v) is 3.33. The number of aryl methyl sites for hydroxylation is 3. The van der Waals surface area contributed by atoms with E-state index >= 15 is 0 Å². The lowest BCUT2D eigenvalue weighted by molar-refractivity contribution is -0.112. The molecule has 0 atom stereocenters. The summed E-state index contributed by atoms with van der Waals surface area (Å²) in [5.41, 5.74) is 4.55. The first-order valence-corrected chi connectivity index (χ1v) is 8.67. The van der Waals surface area contributed by atoms with Crippen LogP contribution in [0, 0.1) is 20.8 Å². The van der Waals surface area contributed by atoms with Crippen molar-refractivity contribution in [1.82, 2.24) is 5.16 Å². The van der Waals surface area contributed by atoms with E-state index in [0.29, 0.717) is 33.8 Å². The first kappa shape index (κ1) is 17.0. The number of aromatic nitrogens is 1. The van der Waals surface area contributed by atoms with Gasteiger partial charge in [-0.15, -0.1) is 0 Å². The predicted molar refractivity (Wildman–Crippen MR) is 103 cm³/mol. The van der Waals surface area contributed by atoms with Crippen LogP contribution in [0.3, 0.4) is 0 Å². The summed E-state index contributed by atoms with van der Waals surface area (Å²) >= 11 is 0. The molecule has 0 saturated carbocycles. The lowest BCUT2D eigenvalue weighted by atomic mass is 9.91. The number of hydrogen-bond donors (Lipinski definition) is 0. The minimum absolute atomic E-state index is 0.322. The highest BCUT2D eigenvalue weighted by molar-refractivity contribution is 6.43. The quantitative estimate of drug-likeness (QED) is 0.505. The van der Waals surface area contributed by atoms with E-state index < -0.39 is 0 Å². The van der Waals surface area contributed by atoms with Gasteiger partial charge in [0.05, 0.1) is 11.4 Å². The molecule has 0 spiro atoms. The Morgan fingerprint density at radius 3 is 2.33 bits per heavy atom. The monoisotopic (exact) mass is 358 g/mol. The smallest absolute Gasteiger partial charge is 0.265 e. The topological polar surface area (TPSA) is 63.4 Å². The standard InChI is InChI=1S/C22H18N2O3/c1-13-7-6-8-16(11-13)24-21(25)18-10-5-4-9-17(18)20(22(24)26)12-19-14(2)23-27-15(19)3/h4-12H,1-3H3/b20-12-. The van der Waals surface area contributed by atoms with Gasteiger partial charge in [0.15, 0.2) is 0 Å². The fraction of sp³-hybridized carbons (Fsp3) is 0.136. The van der Waals surface area contributed by atoms with Crippen molar-refractivity contribution in [1.29, 1.82) is 0 Å². The summed E-state index contributed by atoms with van der Waals surface area (Å²) in [6.45, 7) is 5.55. The van der Waals surface area contributed by atoms with E-state index in [2.05, 4.69) is 5.16 Å². The maximum atomic E-state index is 13.3. The highest BCUT2D eigenvalue weighted by atomic mass is 16.5. The average Bonchev–Trinajstić information content (AvgIpc) is 2.97. The summed E-state index contributed by atoms with van der Waals surface area (Å²) in [7, 11) is 0. The van der Waals surface area contributed by atoms with E-state index in [1.807, 2.05) is 38.1 Å². The van der Waals surface area contributed by atoms with Gasteiger partial charge in [-0.1, -0.05) is 35.5 Å². The zero-order valence-electron chi connectivity index (χ0n) is 15.3. The Bertz CT molecular complexity index is 1090. The number of anilines is 1. The van der Waals surface area contributed by atoms with Gasteiger partial charge in [-0.2, -0.15) is 0 Å².